The van der Waals surface area contributed by atoms with Gasteiger partial charge in [-0.05, 0) is 29.8 Å². The standard InChI is InChI=1S/C17H17N3O2/c1-21-13-5-3-12(4-6-13)10-18-17-15-8-7-14(22-2)9-16(15)19-11-20-17/h3-9,11H,10H2,1-2H3,(H,18,19,20). The van der Waals surface area contributed by atoms with E-state index in [1.807, 2.05) is 42.5 Å². The Hall–Kier alpha value is -2.82. The number of rotatable bonds is 5. The quantitative estimate of drug-likeness (QED) is 0.783. The minimum Gasteiger partial charge on any atom is -0.497 e. The van der Waals surface area contributed by atoms with E-state index in [4.69, 9.17) is 9.47 Å². The van der Waals surface area contributed by atoms with E-state index in [0.717, 1.165) is 33.8 Å². The number of nitrogens with zero attached hydrogens (tertiary/aromatic N) is 2. The van der Waals surface area contributed by atoms with Crippen LogP contribution in [0.25, 0.3) is 10.9 Å². The third-order valence-corrected chi connectivity index (χ3v) is 3.46. The van der Waals surface area contributed by atoms with Crippen molar-refractivity contribution in [1.82, 2.24) is 9.97 Å². The zero-order valence-electron chi connectivity index (χ0n) is 12.5. The van der Waals surface area contributed by atoms with Gasteiger partial charge >= 0.3 is 0 Å². The van der Waals surface area contributed by atoms with Crippen LogP contribution in [0.15, 0.2) is 48.8 Å². The lowest BCUT2D eigenvalue weighted by Crippen LogP contribution is -2.02. The third kappa shape index (κ3) is 2.93. The van der Waals surface area contributed by atoms with Gasteiger partial charge in [0, 0.05) is 18.0 Å². The molecule has 0 bridgehead atoms. The van der Waals surface area contributed by atoms with Gasteiger partial charge < -0.3 is 14.8 Å². The van der Waals surface area contributed by atoms with Gasteiger partial charge in [0.05, 0.1) is 19.7 Å². The van der Waals surface area contributed by atoms with Crippen LogP contribution in [0.3, 0.4) is 0 Å². The molecule has 0 atom stereocenters. The molecule has 3 rings (SSSR count). The lowest BCUT2D eigenvalue weighted by atomic mass is 10.2. The molecule has 0 aliphatic heterocycles. The van der Waals surface area contributed by atoms with Crippen LogP contribution in [0.4, 0.5) is 5.82 Å². The number of hydrogen-bond donors (Lipinski definition) is 1. The van der Waals surface area contributed by atoms with E-state index in [0.29, 0.717) is 6.54 Å². The molecule has 5 heteroatoms. The fourth-order valence-electron chi connectivity index (χ4n) is 2.23. The van der Waals surface area contributed by atoms with E-state index in [1.165, 1.54) is 0 Å². The van der Waals surface area contributed by atoms with E-state index in [9.17, 15) is 0 Å². The van der Waals surface area contributed by atoms with Crippen LogP contribution in [-0.2, 0) is 6.54 Å². The fourth-order valence-corrected chi connectivity index (χ4v) is 2.23. The number of ether oxygens (including phenoxy) is 2. The number of fused-ring (bicyclic) bond motifs is 1. The molecule has 0 aliphatic carbocycles. The first-order chi connectivity index (χ1) is 10.8. The Bertz CT molecular complexity index is 772. The summed E-state index contributed by atoms with van der Waals surface area (Å²) in [7, 11) is 3.31. The molecule has 1 aromatic heterocycles. The molecule has 0 aliphatic rings. The van der Waals surface area contributed by atoms with Crippen LogP contribution in [-0.4, -0.2) is 24.2 Å². The zero-order chi connectivity index (χ0) is 15.4. The predicted molar refractivity (Wildman–Crippen MR) is 86.4 cm³/mol. The Balaban J connectivity index is 1.81. The molecule has 0 spiro atoms. The predicted octanol–water partition coefficient (Wildman–Crippen LogP) is 3.26. The first-order valence-corrected chi connectivity index (χ1v) is 6.95. The number of nitrogens with one attached hydrogen (secondary N) is 1. The lowest BCUT2D eigenvalue weighted by molar-refractivity contribution is 0.414. The molecule has 0 amide bonds. The Morgan fingerprint density at radius 1 is 0.909 bits per heavy atom. The minimum atomic E-state index is 0.683. The van der Waals surface area contributed by atoms with Crippen molar-refractivity contribution in [1.29, 1.82) is 0 Å². The van der Waals surface area contributed by atoms with Crippen molar-refractivity contribution in [2.75, 3.05) is 19.5 Å². The normalized spacial score (nSPS) is 10.5. The van der Waals surface area contributed by atoms with Crippen molar-refractivity contribution in [2.45, 2.75) is 6.54 Å². The molecular formula is C17H17N3O2. The Labute approximate surface area is 128 Å². The number of methoxy groups -OCH3 is 2. The summed E-state index contributed by atoms with van der Waals surface area (Å²) in [6.07, 6.45) is 1.55. The highest BCUT2D eigenvalue weighted by molar-refractivity contribution is 5.89. The highest BCUT2D eigenvalue weighted by Gasteiger charge is 2.05. The van der Waals surface area contributed by atoms with Crippen molar-refractivity contribution in [3.8, 4) is 11.5 Å². The summed E-state index contributed by atoms with van der Waals surface area (Å²) in [6, 6.07) is 13.7. The smallest absolute Gasteiger partial charge is 0.137 e. The number of aromatic nitrogens is 2. The summed E-state index contributed by atoms with van der Waals surface area (Å²) in [5.74, 6) is 2.44. The van der Waals surface area contributed by atoms with Gasteiger partial charge in [0.25, 0.3) is 0 Å². The van der Waals surface area contributed by atoms with Crippen molar-refractivity contribution >= 4 is 16.7 Å². The SMILES string of the molecule is COc1ccc(CNc2ncnc3cc(OC)ccc23)cc1. The van der Waals surface area contributed by atoms with E-state index in [2.05, 4.69) is 15.3 Å². The van der Waals surface area contributed by atoms with Crippen LogP contribution in [0.1, 0.15) is 5.56 Å². The highest BCUT2D eigenvalue weighted by Crippen LogP contribution is 2.24. The summed E-state index contributed by atoms with van der Waals surface area (Å²) in [6.45, 7) is 0.683. The van der Waals surface area contributed by atoms with Crippen LogP contribution in [0.5, 0.6) is 11.5 Å². The van der Waals surface area contributed by atoms with Gasteiger partial charge in [0.2, 0.25) is 0 Å². The highest BCUT2D eigenvalue weighted by atomic mass is 16.5. The number of benzene rings is 2. The van der Waals surface area contributed by atoms with Gasteiger partial charge in [-0.1, -0.05) is 12.1 Å². The first kappa shape index (κ1) is 14.1. The first-order valence-electron chi connectivity index (χ1n) is 6.95. The molecule has 0 fully saturated rings. The Morgan fingerprint density at radius 3 is 2.36 bits per heavy atom. The van der Waals surface area contributed by atoms with Gasteiger partial charge in [0.1, 0.15) is 23.6 Å². The van der Waals surface area contributed by atoms with E-state index in [-0.39, 0.29) is 0 Å². The Kier molecular flexibility index (Phi) is 4.05. The average molecular weight is 295 g/mol. The van der Waals surface area contributed by atoms with E-state index >= 15 is 0 Å². The van der Waals surface area contributed by atoms with E-state index < -0.39 is 0 Å². The van der Waals surface area contributed by atoms with Gasteiger partial charge in [-0.15, -0.1) is 0 Å². The molecule has 1 N–H and O–H groups in total. The van der Waals surface area contributed by atoms with Gasteiger partial charge in [-0.25, -0.2) is 9.97 Å². The zero-order valence-corrected chi connectivity index (χ0v) is 12.5. The fraction of sp³-hybridized carbons (Fsp3) is 0.176. The Morgan fingerprint density at radius 2 is 1.64 bits per heavy atom. The minimum absolute atomic E-state index is 0.683. The molecule has 0 saturated heterocycles. The van der Waals surface area contributed by atoms with E-state index in [1.54, 1.807) is 20.5 Å². The van der Waals surface area contributed by atoms with Crippen LogP contribution < -0.4 is 14.8 Å². The largest absolute Gasteiger partial charge is 0.497 e. The molecule has 2 aromatic carbocycles. The van der Waals surface area contributed by atoms with Crippen molar-refractivity contribution in [3.63, 3.8) is 0 Å². The molecule has 0 radical (unpaired) electrons. The molecule has 22 heavy (non-hydrogen) atoms. The second kappa shape index (κ2) is 6.30. The summed E-state index contributed by atoms with van der Waals surface area (Å²) >= 11 is 0. The molecule has 1 heterocycles. The maximum atomic E-state index is 5.22. The topological polar surface area (TPSA) is 56.3 Å². The third-order valence-electron chi connectivity index (χ3n) is 3.46. The maximum absolute atomic E-state index is 5.22. The average Bonchev–Trinajstić information content (AvgIpc) is 2.59. The van der Waals surface area contributed by atoms with Crippen LogP contribution >= 0.6 is 0 Å². The van der Waals surface area contributed by atoms with Crippen molar-refractivity contribution < 1.29 is 9.47 Å². The number of anilines is 1. The monoisotopic (exact) mass is 295 g/mol. The molecule has 0 saturated carbocycles. The molecule has 3 aromatic rings. The van der Waals surface area contributed by atoms with Gasteiger partial charge in [-0.2, -0.15) is 0 Å². The van der Waals surface area contributed by atoms with Gasteiger partial charge in [-0.3, -0.25) is 0 Å². The van der Waals surface area contributed by atoms with Gasteiger partial charge in [0.15, 0.2) is 0 Å². The molecular weight excluding hydrogens is 278 g/mol. The molecule has 0 unspecified atom stereocenters. The summed E-state index contributed by atoms with van der Waals surface area (Å²) in [4.78, 5) is 8.60. The second-order valence-electron chi connectivity index (χ2n) is 4.81. The molecule has 112 valence electrons. The maximum Gasteiger partial charge on any atom is 0.137 e. The lowest BCUT2D eigenvalue weighted by Gasteiger charge is -2.09. The summed E-state index contributed by atoms with van der Waals surface area (Å²) in [5, 5.41) is 4.32. The number of hydrogen-bond acceptors (Lipinski definition) is 5. The van der Waals surface area contributed by atoms with Crippen LogP contribution in [0, 0.1) is 0 Å². The second-order valence-corrected chi connectivity index (χ2v) is 4.81. The summed E-state index contributed by atoms with van der Waals surface area (Å²) < 4.78 is 10.4. The molecule has 5 nitrogen and oxygen atoms in total. The van der Waals surface area contributed by atoms with Crippen LogP contribution in [0.2, 0.25) is 0 Å². The van der Waals surface area contributed by atoms with Crippen molar-refractivity contribution in [2.24, 2.45) is 0 Å². The summed E-state index contributed by atoms with van der Waals surface area (Å²) in [5.41, 5.74) is 2.01. The van der Waals surface area contributed by atoms with Crippen molar-refractivity contribution in [3.05, 3.63) is 54.4 Å².